The van der Waals surface area contributed by atoms with Gasteiger partial charge in [0.05, 0.1) is 29.9 Å². The summed E-state index contributed by atoms with van der Waals surface area (Å²) in [4.78, 5) is 75.8. The van der Waals surface area contributed by atoms with Crippen LogP contribution < -0.4 is 20.7 Å². The molecule has 2 fully saturated rings. The lowest BCUT2D eigenvalue weighted by molar-refractivity contribution is -0.145. The van der Waals surface area contributed by atoms with Gasteiger partial charge in [-0.15, -0.1) is 0 Å². The summed E-state index contributed by atoms with van der Waals surface area (Å²) < 4.78 is 5.71. The molecule has 0 bridgehead atoms. The molecule has 12 nitrogen and oxygen atoms in total. The van der Waals surface area contributed by atoms with Crippen molar-refractivity contribution < 1.29 is 33.5 Å². The Kier molecular flexibility index (Phi) is 12.2. The first kappa shape index (κ1) is 39.8. The third-order valence-electron chi connectivity index (χ3n) is 10.2. The number of halogens is 1. The Morgan fingerprint density at radius 2 is 1.77 bits per heavy atom. The summed E-state index contributed by atoms with van der Waals surface area (Å²) in [6.07, 6.45) is 1.79. The maximum Gasteiger partial charge on any atom is 0.289 e. The quantitative estimate of drug-likeness (QED) is 0.234. The molecule has 286 valence electrons. The summed E-state index contributed by atoms with van der Waals surface area (Å²) in [5, 5.41) is 13.2. The number of nitrogens with zero attached hydrogens (tertiary/aromatic N) is 2. The molecule has 2 aliphatic heterocycles. The Balaban J connectivity index is 1.42. The molecule has 2 aromatic rings. The van der Waals surface area contributed by atoms with Crippen molar-refractivity contribution in [2.45, 2.75) is 110 Å². The third-order valence-corrected chi connectivity index (χ3v) is 10.5. The summed E-state index contributed by atoms with van der Waals surface area (Å²) in [5.74, 6) is -2.41. The predicted molar refractivity (Wildman–Crippen MR) is 202 cm³/mol. The third kappa shape index (κ3) is 8.86. The number of carbonyl (C=O) groups excluding carboxylic acids is 5. The van der Waals surface area contributed by atoms with Gasteiger partial charge in [-0.2, -0.15) is 0 Å². The van der Waals surface area contributed by atoms with Gasteiger partial charge in [0.1, 0.15) is 17.8 Å². The van der Waals surface area contributed by atoms with E-state index in [4.69, 9.17) is 21.2 Å². The average Bonchev–Trinajstić information content (AvgIpc) is 3.68. The number of nitrogens with one attached hydrogen (secondary N) is 3. The zero-order valence-corrected chi connectivity index (χ0v) is 32.5. The molecule has 53 heavy (non-hydrogen) atoms. The largest absolute Gasteiger partial charge is 0.492 e. The van der Waals surface area contributed by atoms with E-state index < -0.39 is 52.6 Å². The summed E-state index contributed by atoms with van der Waals surface area (Å²) in [5.41, 5.74) is 1.43. The lowest BCUT2D eigenvalue weighted by Gasteiger charge is -2.35. The second-order valence-corrected chi connectivity index (χ2v) is 15.9. The predicted octanol–water partition coefficient (Wildman–Crippen LogP) is 4.84. The molecule has 1 spiro atoms. The smallest absolute Gasteiger partial charge is 0.289 e. The van der Waals surface area contributed by atoms with Crippen LogP contribution in [0.4, 0.5) is 0 Å². The zero-order chi connectivity index (χ0) is 38.7. The highest BCUT2D eigenvalue weighted by molar-refractivity contribution is 6.38. The molecule has 2 heterocycles. The highest BCUT2D eigenvalue weighted by Gasteiger charge is 2.56. The Morgan fingerprint density at radius 1 is 1.06 bits per heavy atom. The monoisotopic (exact) mass is 749 g/mol. The van der Waals surface area contributed by atoms with Crippen LogP contribution in [0.3, 0.4) is 0 Å². The molecule has 0 aromatic heterocycles. The molecule has 3 aliphatic rings. The molecule has 13 heteroatoms. The van der Waals surface area contributed by atoms with Crippen molar-refractivity contribution in [2.75, 3.05) is 19.7 Å². The number of likely N-dealkylation sites (tertiary alicyclic amines) is 1. The van der Waals surface area contributed by atoms with E-state index in [9.17, 15) is 24.0 Å². The van der Waals surface area contributed by atoms with Gasteiger partial charge >= 0.3 is 0 Å². The van der Waals surface area contributed by atoms with Crippen LogP contribution in [0.2, 0.25) is 5.02 Å². The summed E-state index contributed by atoms with van der Waals surface area (Å²) in [6.45, 7) is 13.6. The van der Waals surface area contributed by atoms with Gasteiger partial charge in [-0.3, -0.25) is 24.0 Å². The van der Waals surface area contributed by atoms with E-state index in [-0.39, 0.29) is 50.1 Å². The van der Waals surface area contributed by atoms with Crippen LogP contribution >= 0.6 is 11.6 Å². The van der Waals surface area contributed by atoms with Gasteiger partial charge in [0.25, 0.3) is 5.91 Å². The zero-order valence-electron chi connectivity index (χ0n) is 31.7. The number of ether oxygens (including phenoxy) is 1. The van der Waals surface area contributed by atoms with Crippen LogP contribution in [-0.2, 0) is 28.8 Å². The lowest BCUT2D eigenvalue weighted by Crippen LogP contribution is -2.59. The van der Waals surface area contributed by atoms with E-state index >= 15 is 0 Å². The molecular formula is C40H52ClN5O7. The van der Waals surface area contributed by atoms with Crippen LogP contribution in [0.15, 0.2) is 47.6 Å². The Morgan fingerprint density at radius 3 is 2.40 bits per heavy atom. The van der Waals surface area contributed by atoms with E-state index in [1.807, 2.05) is 77.9 Å². The molecular weight excluding hydrogens is 698 g/mol. The van der Waals surface area contributed by atoms with Gasteiger partial charge in [0.15, 0.2) is 5.60 Å². The summed E-state index contributed by atoms with van der Waals surface area (Å²) in [6, 6.07) is 10.4. The standard InChI is InChI=1S/C40H52ClN5O7/c1-8-14-29(32(47)37(50)42-9-2)43-36(49)31-21-40(20-30(45-53-40)25-17-23(4)33(52-10-3)28(41)18-25)22-46(31)38(51)34(39(5,6)7)44-35(48)27-19-26(27)24-15-12-11-13-16-24/h11-13,15-18,26-27,29,31,34H,8-10,14,19-22H2,1-7H3,(H,42,50)(H,43,49)(H,44,48)/t26-,27+,29-,31-,34+,40+/m0/s1. The first-order chi connectivity index (χ1) is 25.1. The average molecular weight is 750 g/mol. The van der Waals surface area contributed by atoms with Crippen molar-refractivity contribution in [2.24, 2.45) is 16.5 Å². The van der Waals surface area contributed by atoms with E-state index in [1.165, 1.54) is 4.90 Å². The van der Waals surface area contributed by atoms with Crippen molar-refractivity contribution >= 4 is 46.7 Å². The number of Topliss-reactive ketones (excluding diaryl/α,β-unsaturated/α-hetero) is 1. The number of aryl methyl sites for hydroxylation is 1. The second kappa shape index (κ2) is 16.3. The van der Waals surface area contributed by atoms with Crippen molar-refractivity contribution in [3.8, 4) is 5.75 Å². The molecule has 0 radical (unpaired) electrons. The normalized spacial score (nSPS) is 23.1. The maximum atomic E-state index is 14.7. The van der Waals surface area contributed by atoms with Gasteiger partial charge < -0.3 is 30.4 Å². The number of likely N-dealkylation sites (N-methyl/N-ethyl adjacent to an activating group) is 1. The molecule has 3 N–H and O–H groups in total. The molecule has 1 saturated heterocycles. The number of ketones is 1. The molecule has 2 aromatic carbocycles. The number of carbonyl (C=O) groups is 5. The molecule has 1 saturated carbocycles. The first-order valence-electron chi connectivity index (χ1n) is 18.6. The van der Waals surface area contributed by atoms with Gasteiger partial charge in [-0.25, -0.2) is 0 Å². The first-order valence-corrected chi connectivity index (χ1v) is 19.0. The van der Waals surface area contributed by atoms with Gasteiger partial charge in [0, 0.05) is 30.9 Å². The molecule has 5 rings (SSSR count). The Hall–Kier alpha value is -4.45. The fourth-order valence-electron chi connectivity index (χ4n) is 7.36. The van der Waals surface area contributed by atoms with Crippen molar-refractivity contribution in [1.82, 2.24) is 20.9 Å². The Bertz CT molecular complexity index is 1740. The van der Waals surface area contributed by atoms with Crippen LogP contribution in [0.25, 0.3) is 0 Å². The minimum Gasteiger partial charge on any atom is -0.492 e. The van der Waals surface area contributed by atoms with Gasteiger partial charge in [0.2, 0.25) is 23.5 Å². The number of hydrogen-bond donors (Lipinski definition) is 3. The fourth-order valence-corrected chi connectivity index (χ4v) is 7.68. The highest BCUT2D eigenvalue weighted by atomic mass is 35.5. The van der Waals surface area contributed by atoms with E-state index in [0.717, 1.165) is 16.7 Å². The van der Waals surface area contributed by atoms with E-state index in [0.29, 0.717) is 35.9 Å². The fraction of sp³-hybridized carbons (Fsp3) is 0.550. The molecule has 1 aliphatic carbocycles. The van der Waals surface area contributed by atoms with E-state index in [2.05, 4.69) is 21.1 Å². The van der Waals surface area contributed by atoms with Crippen LogP contribution in [0.1, 0.15) is 96.3 Å². The number of benzene rings is 2. The molecule has 0 unspecified atom stereocenters. The van der Waals surface area contributed by atoms with Crippen molar-refractivity contribution in [3.63, 3.8) is 0 Å². The minimum atomic E-state index is -1.08. The van der Waals surface area contributed by atoms with Crippen molar-refractivity contribution in [3.05, 3.63) is 64.2 Å². The van der Waals surface area contributed by atoms with Gasteiger partial charge in [-0.1, -0.05) is 81.2 Å². The second-order valence-electron chi connectivity index (χ2n) is 15.5. The Labute approximate surface area is 316 Å². The van der Waals surface area contributed by atoms with Crippen LogP contribution in [0.5, 0.6) is 5.75 Å². The number of rotatable bonds is 14. The molecule has 6 atom stereocenters. The van der Waals surface area contributed by atoms with Crippen LogP contribution in [0, 0.1) is 18.3 Å². The summed E-state index contributed by atoms with van der Waals surface area (Å²) >= 11 is 6.59. The topological polar surface area (TPSA) is 156 Å². The SMILES string of the molecule is CCC[C@H](NC(=O)[C@@H]1C[C@]2(CC(c3cc(C)c(OCC)c(Cl)c3)=NO2)CN1C(=O)[C@@H](NC(=O)[C@@H]1C[C@H]1c1ccccc1)C(C)(C)C)C(=O)C(=O)NCC. The maximum absolute atomic E-state index is 14.7. The van der Waals surface area contributed by atoms with E-state index in [1.54, 1.807) is 13.0 Å². The van der Waals surface area contributed by atoms with Gasteiger partial charge in [-0.05, 0) is 68.2 Å². The lowest BCUT2D eigenvalue weighted by atomic mass is 9.85. The molecule has 4 amide bonds. The summed E-state index contributed by atoms with van der Waals surface area (Å²) in [7, 11) is 0. The minimum absolute atomic E-state index is 0.00188. The number of oxime groups is 1. The van der Waals surface area contributed by atoms with Crippen LogP contribution in [-0.4, -0.2) is 83.4 Å². The highest BCUT2D eigenvalue weighted by Crippen LogP contribution is 2.48. The number of hydrogen-bond acceptors (Lipinski definition) is 8. The van der Waals surface area contributed by atoms with Crippen molar-refractivity contribution in [1.29, 1.82) is 0 Å². The number of amides is 4.